The van der Waals surface area contributed by atoms with Gasteiger partial charge in [0.2, 0.25) is 0 Å². The second kappa shape index (κ2) is 8.83. The van der Waals surface area contributed by atoms with Crippen LogP contribution in [0.3, 0.4) is 0 Å². The van der Waals surface area contributed by atoms with Gasteiger partial charge < -0.3 is 5.32 Å². The molecular formula is C22H20FN5O3S. The summed E-state index contributed by atoms with van der Waals surface area (Å²) in [6, 6.07) is 14.7. The Morgan fingerprint density at radius 2 is 1.81 bits per heavy atom. The van der Waals surface area contributed by atoms with Gasteiger partial charge in [-0.3, -0.25) is 14.3 Å². The Balaban J connectivity index is 1.82. The first-order chi connectivity index (χ1) is 15.3. The Hall–Kier alpha value is -3.66. The zero-order chi connectivity index (χ0) is 22.7. The lowest BCUT2D eigenvalue weighted by molar-refractivity contribution is 0.602. The molecule has 0 saturated heterocycles. The summed E-state index contributed by atoms with van der Waals surface area (Å²) < 4.78 is 37.6. The number of hydrogen-bond acceptors (Lipinski definition) is 7. The number of nitrogens with one attached hydrogen (secondary N) is 1. The number of anilines is 1. The first kappa shape index (κ1) is 21.6. The highest BCUT2D eigenvalue weighted by Gasteiger charge is 2.15. The van der Waals surface area contributed by atoms with Crippen molar-refractivity contribution in [3.8, 4) is 11.3 Å². The average Bonchev–Trinajstić information content (AvgIpc) is 2.76. The normalized spacial score (nSPS) is 11.6. The summed E-state index contributed by atoms with van der Waals surface area (Å²) in [6.45, 7) is 0.205. The van der Waals surface area contributed by atoms with E-state index in [0.717, 1.165) is 6.26 Å². The van der Waals surface area contributed by atoms with Gasteiger partial charge in [0.15, 0.2) is 11.5 Å². The zero-order valence-electron chi connectivity index (χ0n) is 17.2. The van der Waals surface area contributed by atoms with Crippen LogP contribution in [0.5, 0.6) is 0 Å². The van der Waals surface area contributed by atoms with Crippen LogP contribution in [0.15, 0.2) is 65.6 Å². The number of halogens is 1. The van der Waals surface area contributed by atoms with E-state index in [0.29, 0.717) is 28.1 Å². The summed E-state index contributed by atoms with van der Waals surface area (Å²) >= 11 is 0. The average molecular weight is 453 g/mol. The molecule has 1 N–H and O–H groups in total. The molecule has 8 nitrogen and oxygen atoms in total. The minimum atomic E-state index is -3.20. The summed E-state index contributed by atoms with van der Waals surface area (Å²) in [5.74, 6) is -0.449. The van der Waals surface area contributed by atoms with Gasteiger partial charge >= 0.3 is 0 Å². The van der Waals surface area contributed by atoms with Crippen LogP contribution in [0.4, 0.5) is 10.2 Å². The quantitative estimate of drug-likeness (QED) is 0.458. The lowest BCUT2D eigenvalue weighted by atomic mass is 10.1. The van der Waals surface area contributed by atoms with Gasteiger partial charge in [0.25, 0.3) is 5.56 Å². The van der Waals surface area contributed by atoms with Crippen molar-refractivity contribution in [1.29, 1.82) is 0 Å². The number of fused-ring (bicyclic) bond motifs is 1. The van der Waals surface area contributed by atoms with Gasteiger partial charge in [0.05, 0.1) is 23.7 Å². The molecule has 0 aliphatic heterocycles. The molecule has 32 heavy (non-hydrogen) atoms. The Morgan fingerprint density at radius 3 is 2.50 bits per heavy atom. The molecule has 0 saturated carbocycles. The molecule has 0 amide bonds. The van der Waals surface area contributed by atoms with E-state index in [1.807, 2.05) is 6.07 Å². The van der Waals surface area contributed by atoms with Crippen LogP contribution < -0.4 is 10.9 Å². The van der Waals surface area contributed by atoms with Crippen LogP contribution in [-0.2, 0) is 16.4 Å². The van der Waals surface area contributed by atoms with E-state index in [2.05, 4.69) is 20.3 Å². The summed E-state index contributed by atoms with van der Waals surface area (Å²) in [7, 11) is -3.20. The van der Waals surface area contributed by atoms with Crippen LogP contribution in [0, 0.1) is 5.82 Å². The molecule has 4 rings (SSSR count). The molecule has 164 valence electrons. The number of benzene rings is 1. The van der Waals surface area contributed by atoms with Crippen molar-refractivity contribution in [1.82, 2.24) is 19.5 Å². The zero-order valence-corrected chi connectivity index (χ0v) is 18.0. The lowest BCUT2D eigenvalue weighted by Gasteiger charge is -2.13. The molecule has 3 heterocycles. The SMILES string of the molecule is CS(=O)(=O)CCNc1nc2ccc(-c3ccc(F)cc3)nc2n(Cc2ccccn2)c1=O. The van der Waals surface area contributed by atoms with Crippen molar-refractivity contribution in [3.63, 3.8) is 0 Å². The van der Waals surface area contributed by atoms with Gasteiger partial charge in [-0.15, -0.1) is 0 Å². The molecule has 0 unspecified atom stereocenters. The maximum Gasteiger partial charge on any atom is 0.295 e. The number of nitrogens with zero attached hydrogens (tertiary/aromatic N) is 4. The second-order valence-electron chi connectivity index (χ2n) is 7.28. The fourth-order valence-corrected chi connectivity index (χ4v) is 3.64. The minimum absolute atomic E-state index is 0.0356. The van der Waals surface area contributed by atoms with Crippen molar-refractivity contribution in [3.05, 3.63) is 82.7 Å². The maximum atomic E-state index is 13.3. The molecule has 0 aliphatic carbocycles. The van der Waals surface area contributed by atoms with Crippen LogP contribution >= 0.6 is 0 Å². The highest BCUT2D eigenvalue weighted by molar-refractivity contribution is 7.90. The number of aromatic nitrogens is 4. The van der Waals surface area contributed by atoms with Crippen molar-refractivity contribution in [2.24, 2.45) is 0 Å². The lowest BCUT2D eigenvalue weighted by Crippen LogP contribution is -2.28. The molecular weight excluding hydrogens is 433 g/mol. The van der Waals surface area contributed by atoms with E-state index in [1.165, 1.54) is 16.7 Å². The number of rotatable bonds is 7. The number of hydrogen-bond donors (Lipinski definition) is 1. The van der Waals surface area contributed by atoms with E-state index in [-0.39, 0.29) is 30.5 Å². The third-order valence-corrected chi connectivity index (χ3v) is 5.69. The smallest absolute Gasteiger partial charge is 0.295 e. The van der Waals surface area contributed by atoms with Crippen molar-refractivity contribution >= 4 is 26.8 Å². The topological polar surface area (TPSA) is 107 Å². The third-order valence-electron chi connectivity index (χ3n) is 4.74. The van der Waals surface area contributed by atoms with E-state index in [4.69, 9.17) is 0 Å². The van der Waals surface area contributed by atoms with Crippen molar-refractivity contribution in [2.75, 3.05) is 23.9 Å². The number of sulfone groups is 1. The monoisotopic (exact) mass is 453 g/mol. The van der Waals surface area contributed by atoms with E-state index >= 15 is 0 Å². The summed E-state index contributed by atoms with van der Waals surface area (Å²) in [5, 5.41) is 2.83. The molecule has 1 aromatic carbocycles. The largest absolute Gasteiger partial charge is 0.364 e. The van der Waals surface area contributed by atoms with Gasteiger partial charge in [0, 0.05) is 24.6 Å². The molecule has 0 fully saturated rings. The molecule has 0 radical (unpaired) electrons. The van der Waals surface area contributed by atoms with Crippen LogP contribution in [-0.4, -0.2) is 46.5 Å². The molecule has 3 aromatic heterocycles. The number of pyridine rings is 2. The Labute approximate surface area is 183 Å². The highest BCUT2D eigenvalue weighted by Crippen LogP contribution is 2.21. The molecule has 10 heteroatoms. The Bertz CT molecular complexity index is 1420. The first-order valence-corrected chi connectivity index (χ1v) is 11.9. The van der Waals surface area contributed by atoms with E-state index < -0.39 is 15.4 Å². The standard InChI is InChI=1S/C22H20FN5O3S/c1-32(30,31)13-12-25-20-22(29)28(14-17-4-2-3-11-24-17)21-19(26-20)10-9-18(27-21)15-5-7-16(23)8-6-15/h2-11H,12-14H2,1H3,(H,25,26). The van der Waals surface area contributed by atoms with Crippen LogP contribution in [0.25, 0.3) is 22.4 Å². The van der Waals surface area contributed by atoms with Crippen molar-refractivity contribution in [2.45, 2.75) is 6.54 Å². The Morgan fingerprint density at radius 1 is 1.03 bits per heavy atom. The molecule has 0 atom stereocenters. The Kier molecular flexibility index (Phi) is 5.95. The first-order valence-electron chi connectivity index (χ1n) is 9.79. The maximum absolute atomic E-state index is 13.3. The minimum Gasteiger partial charge on any atom is -0.364 e. The fraction of sp³-hybridized carbons (Fsp3) is 0.182. The van der Waals surface area contributed by atoms with Crippen molar-refractivity contribution < 1.29 is 12.8 Å². The predicted molar refractivity (Wildman–Crippen MR) is 121 cm³/mol. The summed E-state index contributed by atoms with van der Waals surface area (Å²) in [6.07, 6.45) is 2.76. The molecule has 4 aromatic rings. The predicted octanol–water partition coefficient (Wildman–Crippen LogP) is 2.50. The van der Waals surface area contributed by atoms with Gasteiger partial charge in [0.1, 0.15) is 21.2 Å². The molecule has 0 aliphatic rings. The van der Waals surface area contributed by atoms with Gasteiger partial charge in [-0.25, -0.2) is 22.8 Å². The summed E-state index contributed by atoms with van der Waals surface area (Å²) in [5.41, 5.74) is 2.26. The molecule has 0 spiro atoms. The van der Waals surface area contributed by atoms with Gasteiger partial charge in [-0.05, 0) is 48.5 Å². The summed E-state index contributed by atoms with van der Waals surface area (Å²) in [4.78, 5) is 26.5. The van der Waals surface area contributed by atoms with Gasteiger partial charge in [-0.2, -0.15) is 0 Å². The van der Waals surface area contributed by atoms with Gasteiger partial charge in [-0.1, -0.05) is 6.07 Å². The third kappa shape index (κ3) is 4.97. The fourth-order valence-electron chi connectivity index (χ4n) is 3.17. The van der Waals surface area contributed by atoms with Crippen LogP contribution in [0.2, 0.25) is 0 Å². The van der Waals surface area contributed by atoms with E-state index in [1.54, 1.807) is 42.6 Å². The highest BCUT2D eigenvalue weighted by atomic mass is 32.2. The second-order valence-corrected chi connectivity index (χ2v) is 9.54. The van der Waals surface area contributed by atoms with E-state index in [9.17, 15) is 17.6 Å². The van der Waals surface area contributed by atoms with Crippen LogP contribution in [0.1, 0.15) is 5.69 Å². The molecule has 0 bridgehead atoms.